The normalized spacial score (nSPS) is 14.3. The smallest absolute Gasteiger partial charge is 0.161 e. The number of nitrogens with zero attached hydrogens (tertiary/aromatic N) is 2. The average Bonchev–Trinajstić information content (AvgIpc) is 2.42. The van der Waals surface area contributed by atoms with Crippen LogP contribution < -0.4 is 0 Å². The minimum absolute atomic E-state index is 0.0906. The molecule has 0 fully saturated rings. The van der Waals surface area contributed by atoms with Gasteiger partial charge in [-0.3, -0.25) is 0 Å². The Hall–Kier alpha value is -1.19. The lowest BCUT2D eigenvalue weighted by Crippen LogP contribution is -2.08. The van der Waals surface area contributed by atoms with E-state index in [2.05, 4.69) is 9.97 Å². The first-order valence-electron chi connectivity index (χ1n) is 6.16. The molecule has 2 aromatic rings. The molecule has 1 aromatic carbocycles. The zero-order valence-electron chi connectivity index (χ0n) is 10.1. The van der Waals surface area contributed by atoms with Crippen molar-refractivity contribution in [3.63, 3.8) is 0 Å². The van der Waals surface area contributed by atoms with Gasteiger partial charge >= 0.3 is 0 Å². The third kappa shape index (κ3) is 2.45. The van der Waals surface area contributed by atoms with Crippen molar-refractivity contribution in [3.05, 3.63) is 45.4 Å². The predicted molar refractivity (Wildman–Crippen MR) is 74.1 cm³/mol. The molecule has 3 rings (SSSR count). The Bertz CT molecular complexity index is 644. The largest absolute Gasteiger partial charge is 0.233 e. The monoisotopic (exact) mass is 296 g/mol. The molecule has 0 spiro atoms. The van der Waals surface area contributed by atoms with Gasteiger partial charge in [-0.2, -0.15) is 0 Å². The minimum Gasteiger partial charge on any atom is -0.233 e. The van der Waals surface area contributed by atoms with E-state index in [0.29, 0.717) is 16.5 Å². The van der Waals surface area contributed by atoms with Gasteiger partial charge in [0.2, 0.25) is 0 Å². The maximum atomic E-state index is 13.5. The van der Waals surface area contributed by atoms with Gasteiger partial charge in [0.15, 0.2) is 5.82 Å². The van der Waals surface area contributed by atoms with Crippen LogP contribution in [0.1, 0.15) is 24.1 Å². The van der Waals surface area contributed by atoms with Gasteiger partial charge in [-0.05, 0) is 43.9 Å². The summed E-state index contributed by atoms with van der Waals surface area (Å²) < 4.78 is 13.5. The van der Waals surface area contributed by atoms with Gasteiger partial charge in [0.25, 0.3) is 0 Å². The zero-order valence-corrected chi connectivity index (χ0v) is 11.6. The van der Waals surface area contributed by atoms with Crippen LogP contribution in [0.2, 0.25) is 10.2 Å². The molecule has 0 bridgehead atoms. The van der Waals surface area contributed by atoms with Gasteiger partial charge in [0.1, 0.15) is 11.0 Å². The first kappa shape index (κ1) is 12.8. The van der Waals surface area contributed by atoms with E-state index in [1.807, 2.05) is 0 Å². The molecule has 0 saturated carbocycles. The summed E-state index contributed by atoms with van der Waals surface area (Å²) >= 11 is 11.9. The molecule has 0 saturated heterocycles. The molecule has 1 aliphatic carbocycles. The lowest BCUT2D eigenvalue weighted by atomic mass is 9.97. The van der Waals surface area contributed by atoms with E-state index < -0.39 is 5.82 Å². The Kier molecular flexibility index (Phi) is 3.42. The zero-order chi connectivity index (χ0) is 13.4. The Labute approximate surface area is 120 Å². The quantitative estimate of drug-likeness (QED) is 0.726. The summed E-state index contributed by atoms with van der Waals surface area (Å²) in [5.41, 5.74) is 2.61. The van der Waals surface area contributed by atoms with E-state index in [1.165, 1.54) is 12.1 Å². The first-order valence-corrected chi connectivity index (χ1v) is 6.91. The number of hydrogen-bond acceptors (Lipinski definition) is 2. The molecule has 1 aromatic heterocycles. The van der Waals surface area contributed by atoms with E-state index in [-0.39, 0.29) is 5.02 Å². The fourth-order valence-corrected chi connectivity index (χ4v) is 2.71. The second kappa shape index (κ2) is 5.06. The highest BCUT2D eigenvalue weighted by Gasteiger charge is 2.17. The SMILES string of the molecule is Fc1cc(-c2nc(Cl)c3c(n2)CCCC3)ccc1Cl. The fourth-order valence-electron chi connectivity index (χ4n) is 2.31. The highest BCUT2D eigenvalue weighted by atomic mass is 35.5. The van der Waals surface area contributed by atoms with Gasteiger partial charge in [-0.15, -0.1) is 0 Å². The lowest BCUT2D eigenvalue weighted by molar-refractivity contribution is 0.628. The number of hydrogen-bond donors (Lipinski definition) is 0. The minimum atomic E-state index is -0.475. The molecule has 0 unspecified atom stereocenters. The molecular formula is C14H11Cl2FN2. The van der Waals surface area contributed by atoms with E-state index in [0.717, 1.165) is 36.9 Å². The van der Waals surface area contributed by atoms with Crippen molar-refractivity contribution < 1.29 is 4.39 Å². The van der Waals surface area contributed by atoms with Crippen LogP contribution in [0.4, 0.5) is 4.39 Å². The van der Waals surface area contributed by atoms with Crippen LogP contribution in [0, 0.1) is 5.82 Å². The summed E-state index contributed by atoms with van der Waals surface area (Å²) in [6.07, 6.45) is 4.05. The van der Waals surface area contributed by atoms with E-state index in [4.69, 9.17) is 23.2 Å². The Balaban J connectivity index is 2.10. The summed E-state index contributed by atoms with van der Waals surface area (Å²) in [5.74, 6) is -0.0159. The molecule has 0 amide bonds. The predicted octanol–water partition coefficient (Wildman–Crippen LogP) is 4.47. The second-order valence-electron chi connectivity index (χ2n) is 4.60. The molecule has 5 heteroatoms. The van der Waals surface area contributed by atoms with E-state index >= 15 is 0 Å². The van der Waals surface area contributed by atoms with Crippen LogP contribution >= 0.6 is 23.2 Å². The Morgan fingerprint density at radius 1 is 1.05 bits per heavy atom. The molecule has 1 heterocycles. The molecule has 98 valence electrons. The van der Waals surface area contributed by atoms with E-state index in [1.54, 1.807) is 6.07 Å². The van der Waals surface area contributed by atoms with Crippen molar-refractivity contribution in [2.24, 2.45) is 0 Å². The topological polar surface area (TPSA) is 25.8 Å². The van der Waals surface area contributed by atoms with Gasteiger partial charge < -0.3 is 0 Å². The number of benzene rings is 1. The number of fused-ring (bicyclic) bond motifs is 1. The van der Waals surface area contributed by atoms with Gasteiger partial charge in [0.05, 0.1) is 5.02 Å². The highest BCUT2D eigenvalue weighted by molar-refractivity contribution is 6.31. The summed E-state index contributed by atoms with van der Waals surface area (Å²) in [6.45, 7) is 0. The Morgan fingerprint density at radius 2 is 1.84 bits per heavy atom. The fraction of sp³-hybridized carbons (Fsp3) is 0.286. The molecule has 0 atom stereocenters. The van der Waals surface area contributed by atoms with Gasteiger partial charge in [0, 0.05) is 16.8 Å². The molecular weight excluding hydrogens is 286 g/mol. The maximum Gasteiger partial charge on any atom is 0.161 e. The second-order valence-corrected chi connectivity index (χ2v) is 5.36. The van der Waals surface area contributed by atoms with Crippen molar-refractivity contribution in [1.29, 1.82) is 0 Å². The van der Waals surface area contributed by atoms with E-state index in [9.17, 15) is 4.39 Å². The van der Waals surface area contributed by atoms with Crippen molar-refractivity contribution >= 4 is 23.2 Å². The third-order valence-electron chi connectivity index (χ3n) is 3.31. The van der Waals surface area contributed by atoms with Crippen molar-refractivity contribution in [2.45, 2.75) is 25.7 Å². The molecule has 1 aliphatic rings. The number of aromatic nitrogens is 2. The molecule has 0 aliphatic heterocycles. The average molecular weight is 297 g/mol. The summed E-state index contributed by atoms with van der Waals surface area (Å²) in [6, 6.07) is 4.54. The number of halogens is 3. The first-order chi connectivity index (χ1) is 9.15. The van der Waals surface area contributed by atoms with Crippen LogP contribution in [0.3, 0.4) is 0 Å². The van der Waals surface area contributed by atoms with Crippen LogP contribution in [0.5, 0.6) is 0 Å². The van der Waals surface area contributed by atoms with Gasteiger partial charge in [-0.25, -0.2) is 14.4 Å². The van der Waals surface area contributed by atoms with Crippen molar-refractivity contribution in [2.75, 3.05) is 0 Å². The summed E-state index contributed by atoms with van der Waals surface area (Å²) in [5, 5.41) is 0.572. The Morgan fingerprint density at radius 3 is 2.63 bits per heavy atom. The number of aryl methyl sites for hydroxylation is 1. The van der Waals surface area contributed by atoms with Crippen molar-refractivity contribution in [3.8, 4) is 11.4 Å². The molecule has 19 heavy (non-hydrogen) atoms. The van der Waals surface area contributed by atoms with Crippen LogP contribution in [0.25, 0.3) is 11.4 Å². The van der Waals surface area contributed by atoms with Crippen molar-refractivity contribution in [1.82, 2.24) is 9.97 Å². The van der Waals surface area contributed by atoms with Crippen LogP contribution in [-0.2, 0) is 12.8 Å². The van der Waals surface area contributed by atoms with Crippen LogP contribution in [0.15, 0.2) is 18.2 Å². The lowest BCUT2D eigenvalue weighted by Gasteiger charge is -2.16. The number of rotatable bonds is 1. The maximum absolute atomic E-state index is 13.5. The summed E-state index contributed by atoms with van der Waals surface area (Å²) in [7, 11) is 0. The molecule has 0 N–H and O–H groups in total. The molecule has 2 nitrogen and oxygen atoms in total. The summed E-state index contributed by atoms with van der Waals surface area (Å²) in [4.78, 5) is 8.78. The standard InChI is InChI=1S/C14H11Cl2FN2/c15-10-6-5-8(7-11(10)17)14-18-12-4-2-1-3-9(12)13(16)19-14/h5-7H,1-4H2. The third-order valence-corrected chi connectivity index (χ3v) is 3.93. The van der Waals surface area contributed by atoms with Crippen LogP contribution in [-0.4, -0.2) is 9.97 Å². The highest BCUT2D eigenvalue weighted by Crippen LogP contribution is 2.29. The van der Waals surface area contributed by atoms with Gasteiger partial charge in [-0.1, -0.05) is 23.2 Å². The molecule has 0 radical (unpaired) electrons.